The van der Waals surface area contributed by atoms with Gasteiger partial charge in [-0.3, -0.25) is 9.69 Å². The molecule has 17 heavy (non-hydrogen) atoms. The lowest BCUT2D eigenvalue weighted by Gasteiger charge is -2.34. The Balaban J connectivity index is 1.98. The Labute approximate surface area is 102 Å². The van der Waals surface area contributed by atoms with Crippen LogP contribution in [0.25, 0.3) is 0 Å². The molecule has 3 heteroatoms. The molecule has 0 saturated carbocycles. The van der Waals surface area contributed by atoms with Gasteiger partial charge in [0.25, 0.3) is 0 Å². The largest absolute Gasteiger partial charge is 0.378 e. The van der Waals surface area contributed by atoms with E-state index in [1.165, 1.54) is 0 Å². The van der Waals surface area contributed by atoms with Gasteiger partial charge in [-0.2, -0.15) is 0 Å². The Bertz CT molecular complexity index is 364. The standard InChI is InChI=1S/C14H19NO2/c1-2-13-11-17-9-8-15(13)10-14(16)12-6-4-3-5-7-12/h3-7,13H,2,8-11H2,1H3. The first-order chi connectivity index (χ1) is 8.31. The van der Waals surface area contributed by atoms with Gasteiger partial charge in [0.1, 0.15) is 0 Å². The SMILES string of the molecule is CCC1COCCN1CC(=O)c1ccccc1. The number of hydrogen-bond donors (Lipinski definition) is 0. The minimum Gasteiger partial charge on any atom is -0.378 e. The highest BCUT2D eigenvalue weighted by Gasteiger charge is 2.23. The maximum atomic E-state index is 12.1. The van der Waals surface area contributed by atoms with E-state index in [0.29, 0.717) is 12.6 Å². The summed E-state index contributed by atoms with van der Waals surface area (Å²) in [4.78, 5) is 14.3. The highest BCUT2D eigenvalue weighted by Crippen LogP contribution is 2.11. The smallest absolute Gasteiger partial charge is 0.176 e. The molecule has 92 valence electrons. The lowest BCUT2D eigenvalue weighted by atomic mass is 10.1. The minimum absolute atomic E-state index is 0.200. The summed E-state index contributed by atoms with van der Waals surface area (Å²) in [5.41, 5.74) is 0.800. The molecule has 1 unspecified atom stereocenters. The summed E-state index contributed by atoms with van der Waals surface area (Å²) in [5, 5.41) is 0. The van der Waals surface area contributed by atoms with Gasteiger partial charge in [0, 0.05) is 18.2 Å². The van der Waals surface area contributed by atoms with Crippen molar-refractivity contribution in [2.75, 3.05) is 26.3 Å². The monoisotopic (exact) mass is 233 g/mol. The zero-order chi connectivity index (χ0) is 12.1. The van der Waals surface area contributed by atoms with Crippen LogP contribution in [-0.4, -0.2) is 43.0 Å². The Morgan fingerprint density at radius 3 is 2.88 bits per heavy atom. The number of rotatable bonds is 4. The number of Topliss-reactive ketones (excluding diaryl/α,β-unsaturated/α-hetero) is 1. The molecule has 1 aromatic carbocycles. The van der Waals surface area contributed by atoms with Crippen molar-refractivity contribution in [2.45, 2.75) is 19.4 Å². The summed E-state index contributed by atoms with van der Waals surface area (Å²) in [5.74, 6) is 0.200. The second-order valence-corrected chi connectivity index (χ2v) is 4.40. The Morgan fingerprint density at radius 1 is 1.41 bits per heavy atom. The van der Waals surface area contributed by atoms with Crippen LogP contribution in [0.15, 0.2) is 30.3 Å². The lowest BCUT2D eigenvalue weighted by Crippen LogP contribution is -2.47. The molecule has 0 aromatic heterocycles. The third kappa shape index (κ3) is 3.14. The van der Waals surface area contributed by atoms with Crippen molar-refractivity contribution in [3.05, 3.63) is 35.9 Å². The second kappa shape index (κ2) is 5.94. The van der Waals surface area contributed by atoms with Crippen LogP contribution in [0.3, 0.4) is 0 Å². The lowest BCUT2D eigenvalue weighted by molar-refractivity contribution is -0.00585. The molecule has 0 bridgehead atoms. The first-order valence-corrected chi connectivity index (χ1v) is 6.21. The van der Waals surface area contributed by atoms with Gasteiger partial charge in [0.15, 0.2) is 5.78 Å². The van der Waals surface area contributed by atoms with Gasteiger partial charge in [0.2, 0.25) is 0 Å². The van der Waals surface area contributed by atoms with Crippen LogP contribution < -0.4 is 0 Å². The Kier molecular flexibility index (Phi) is 4.29. The summed E-state index contributed by atoms with van der Waals surface area (Å²) in [6.07, 6.45) is 1.03. The average Bonchev–Trinajstić information content (AvgIpc) is 2.40. The fourth-order valence-electron chi connectivity index (χ4n) is 2.17. The van der Waals surface area contributed by atoms with Gasteiger partial charge >= 0.3 is 0 Å². The van der Waals surface area contributed by atoms with Crippen LogP contribution in [0.5, 0.6) is 0 Å². The van der Waals surface area contributed by atoms with Crippen LogP contribution in [-0.2, 0) is 4.74 Å². The maximum absolute atomic E-state index is 12.1. The van der Waals surface area contributed by atoms with Crippen molar-refractivity contribution in [3.8, 4) is 0 Å². The summed E-state index contributed by atoms with van der Waals surface area (Å²) in [6.45, 7) is 4.99. The summed E-state index contributed by atoms with van der Waals surface area (Å²) in [6, 6.07) is 9.89. The number of hydrogen-bond acceptors (Lipinski definition) is 3. The van der Waals surface area contributed by atoms with E-state index in [0.717, 1.165) is 31.7 Å². The molecule has 3 nitrogen and oxygen atoms in total. The molecule has 0 amide bonds. The van der Waals surface area contributed by atoms with E-state index in [1.807, 2.05) is 30.3 Å². The Hall–Kier alpha value is -1.19. The third-order valence-corrected chi connectivity index (χ3v) is 3.26. The number of morpholine rings is 1. The van der Waals surface area contributed by atoms with Crippen LogP contribution in [0.1, 0.15) is 23.7 Å². The highest BCUT2D eigenvalue weighted by atomic mass is 16.5. The van der Waals surface area contributed by atoms with E-state index in [4.69, 9.17) is 4.74 Å². The van der Waals surface area contributed by atoms with E-state index in [1.54, 1.807) is 0 Å². The molecular weight excluding hydrogens is 214 g/mol. The van der Waals surface area contributed by atoms with Crippen molar-refractivity contribution in [3.63, 3.8) is 0 Å². The number of carbonyl (C=O) groups excluding carboxylic acids is 1. The predicted molar refractivity (Wildman–Crippen MR) is 67.2 cm³/mol. The van der Waals surface area contributed by atoms with Crippen LogP contribution >= 0.6 is 0 Å². The quantitative estimate of drug-likeness (QED) is 0.745. The fraction of sp³-hybridized carbons (Fsp3) is 0.500. The van der Waals surface area contributed by atoms with Crippen LogP contribution in [0, 0.1) is 0 Å². The molecular formula is C14H19NO2. The van der Waals surface area contributed by atoms with Gasteiger partial charge in [-0.25, -0.2) is 0 Å². The normalized spacial score (nSPS) is 21.4. The zero-order valence-corrected chi connectivity index (χ0v) is 10.3. The van der Waals surface area contributed by atoms with E-state index in [-0.39, 0.29) is 5.78 Å². The van der Waals surface area contributed by atoms with Gasteiger partial charge in [-0.05, 0) is 6.42 Å². The number of ketones is 1. The van der Waals surface area contributed by atoms with Gasteiger partial charge in [-0.15, -0.1) is 0 Å². The first-order valence-electron chi connectivity index (χ1n) is 6.21. The van der Waals surface area contributed by atoms with Crippen molar-refractivity contribution < 1.29 is 9.53 Å². The number of nitrogens with zero attached hydrogens (tertiary/aromatic N) is 1. The third-order valence-electron chi connectivity index (χ3n) is 3.26. The molecule has 1 heterocycles. The molecule has 2 rings (SSSR count). The fourth-order valence-corrected chi connectivity index (χ4v) is 2.17. The topological polar surface area (TPSA) is 29.5 Å². The molecule has 0 N–H and O–H groups in total. The van der Waals surface area contributed by atoms with Crippen molar-refractivity contribution >= 4 is 5.78 Å². The second-order valence-electron chi connectivity index (χ2n) is 4.40. The number of carbonyl (C=O) groups is 1. The first kappa shape index (κ1) is 12.3. The van der Waals surface area contributed by atoms with Crippen LogP contribution in [0.4, 0.5) is 0 Å². The Morgan fingerprint density at radius 2 is 2.18 bits per heavy atom. The van der Waals surface area contributed by atoms with E-state index in [2.05, 4.69) is 11.8 Å². The highest BCUT2D eigenvalue weighted by molar-refractivity contribution is 5.97. The molecule has 1 aliphatic heterocycles. The summed E-state index contributed by atoms with van der Waals surface area (Å²) in [7, 11) is 0. The predicted octanol–water partition coefficient (Wildman–Crippen LogP) is 1.98. The number of ether oxygens (including phenoxy) is 1. The average molecular weight is 233 g/mol. The number of benzene rings is 1. The van der Waals surface area contributed by atoms with E-state index < -0.39 is 0 Å². The maximum Gasteiger partial charge on any atom is 0.176 e. The molecule has 1 atom stereocenters. The molecule has 0 aliphatic carbocycles. The molecule has 0 radical (unpaired) electrons. The van der Waals surface area contributed by atoms with Gasteiger partial charge in [0.05, 0.1) is 19.8 Å². The molecule has 1 saturated heterocycles. The van der Waals surface area contributed by atoms with Gasteiger partial charge < -0.3 is 4.74 Å². The molecule has 1 fully saturated rings. The van der Waals surface area contributed by atoms with Crippen molar-refractivity contribution in [1.82, 2.24) is 4.90 Å². The van der Waals surface area contributed by atoms with Gasteiger partial charge in [-0.1, -0.05) is 37.3 Å². The van der Waals surface area contributed by atoms with E-state index in [9.17, 15) is 4.79 Å². The van der Waals surface area contributed by atoms with E-state index >= 15 is 0 Å². The zero-order valence-electron chi connectivity index (χ0n) is 10.3. The molecule has 1 aliphatic rings. The van der Waals surface area contributed by atoms with Crippen molar-refractivity contribution in [2.24, 2.45) is 0 Å². The summed E-state index contributed by atoms with van der Waals surface area (Å²) >= 11 is 0. The van der Waals surface area contributed by atoms with Crippen molar-refractivity contribution in [1.29, 1.82) is 0 Å². The molecule has 1 aromatic rings. The minimum atomic E-state index is 0.200. The van der Waals surface area contributed by atoms with Crippen LogP contribution in [0.2, 0.25) is 0 Å². The molecule has 0 spiro atoms. The summed E-state index contributed by atoms with van der Waals surface area (Å²) < 4.78 is 5.44.